The molecular formula is C10H24N4. The largest absolute Gasteiger partial charge is 0.339 e. The summed E-state index contributed by atoms with van der Waals surface area (Å²) >= 11 is 0. The van der Waals surface area contributed by atoms with Gasteiger partial charge >= 0.3 is 0 Å². The second kappa shape index (κ2) is 6.65. The van der Waals surface area contributed by atoms with Gasteiger partial charge in [0.15, 0.2) is 0 Å². The highest BCUT2D eigenvalue weighted by atomic mass is 15.4. The van der Waals surface area contributed by atoms with E-state index in [-0.39, 0.29) is 0 Å². The van der Waals surface area contributed by atoms with Crippen LogP contribution in [0.15, 0.2) is 4.99 Å². The maximum atomic E-state index is 5.45. The van der Waals surface area contributed by atoms with Crippen molar-refractivity contribution in [2.75, 3.05) is 13.1 Å². The molecule has 0 atom stereocenters. The van der Waals surface area contributed by atoms with Crippen LogP contribution in [0.5, 0.6) is 0 Å². The predicted octanol–water partition coefficient (Wildman–Crippen LogP) is 1.19. The molecule has 4 heteroatoms. The lowest BCUT2D eigenvalue weighted by Gasteiger charge is -2.30. The molecule has 0 aromatic carbocycles. The molecule has 0 rings (SSSR count). The number of hydrogen-bond donors (Lipinski definition) is 2. The monoisotopic (exact) mass is 200 g/mol. The van der Waals surface area contributed by atoms with Crippen molar-refractivity contribution >= 4 is 5.96 Å². The molecule has 84 valence electrons. The standard InChI is InChI=1S/C10H24N4/c1-6-12-10(13-11)14(9(4)5)7-8(2)3/h8-9H,6-7,11H2,1-5H3,(H,12,13). The maximum Gasteiger partial charge on any atom is 0.208 e. The van der Waals surface area contributed by atoms with Gasteiger partial charge in [0, 0.05) is 19.1 Å². The lowest BCUT2D eigenvalue weighted by atomic mass is 10.2. The minimum Gasteiger partial charge on any atom is -0.339 e. The van der Waals surface area contributed by atoms with Crippen LogP contribution in [-0.2, 0) is 0 Å². The Balaban J connectivity index is 4.52. The highest BCUT2D eigenvalue weighted by Crippen LogP contribution is 2.04. The van der Waals surface area contributed by atoms with Crippen molar-refractivity contribution in [2.45, 2.75) is 40.7 Å². The van der Waals surface area contributed by atoms with E-state index in [2.05, 4.69) is 43.0 Å². The molecule has 0 unspecified atom stereocenters. The summed E-state index contributed by atoms with van der Waals surface area (Å²) in [5.74, 6) is 6.84. The van der Waals surface area contributed by atoms with Gasteiger partial charge in [0.25, 0.3) is 0 Å². The number of nitrogens with zero attached hydrogens (tertiary/aromatic N) is 2. The van der Waals surface area contributed by atoms with Crippen molar-refractivity contribution in [1.82, 2.24) is 10.3 Å². The number of hydrazine groups is 1. The van der Waals surface area contributed by atoms with Gasteiger partial charge in [-0.15, -0.1) is 0 Å². The summed E-state index contributed by atoms with van der Waals surface area (Å²) in [6.45, 7) is 12.4. The van der Waals surface area contributed by atoms with Gasteiger partial charge in [0.1, 0.15) is 0 Å². The minimum absolute atomic E-state index is 0.416. The van der Waals surface area contributed by atoms with E-state index in [1.54, 1.807) is 0 Å². The van der Waals surface area contributed by atoms with E-state index >= 15 is 0 Å². The molecule has 0 aromatic heterocycles. The zero-order chi connectivity index (χ0) is 11.1. The van der Waals surface area contributed by atoms with Crippen LogP contribution >= 0.6 is 0 Å². The number of aliphatic imine (C=N–C) groups is 1. The first-order valence-electron chi connectivity index (χ1n) is 5.30. The number of nitrogens with one attached hydrogen (secondary N) is 1. The van der Waals surface area contributed by atoms with E-state index in [1.165, 1.54) is 0 Å². The maximum absolute atomic E-state index is 5.45. The molecule has 0 aliphatic heterocycles. The first kappa shape index (κ1) is 13.2. The molecule has 0 bridgehead atoms. The van der Waals surface area contributed by atoms with Gasteiger partial charge in [-0.1, -0.05) is 13.8 Å². The van der Waals surface area contributed by atoms with E-state index in [4.69, 9.17) is 5.84 Å². The molecule has 14 heavy (non-hydrogen) atoms. The zero-order valence-corrected chi connectivity index (χ0v) is 10.0. The van der Waals surface area contributed by atoms with E-state index < -0.39 is 0 Å². The van der Waals surface area contributed by atoms with Gasteiger partial charge in [-0.05, 0) is 26.7 Å². The topological polar surface area (TPSA) is 53.6 Å². The molecule has 0 amide bonds. The second-order valence-corrected chi connectivity index (χ2v) is 4.08. The van der Waals surface area contributed by atoms with E-state index in [9.17, 15) is 0 Å². The van der Waals surface area contributed by atoms with Crippen LogP contribution in [0.25, 0.3) is 0 Å². The Morgan fingerprint density at radius 2 is 1.93 bits per heavy atom. The smallest absolute Gasteiger partial charge is 0.208 e. The summed E-state index contributed by atoms with van der Waals surface area (Å²) in [4.78, 5) is 6.51. The van der Waals surface area contributed by atoms with Crippen molar-refractivity contribution in [3.63, 3.8) is 0 Å². The average Bonchev–Trinajstić information content (AvgIpc) is 2.10. The van der Waals surface area contributed by atoms with Gasteiger partial charge in [0.2, 0.25) is 5.96 Å². The fourth-order valence-electron chi connectivity index (χ4n) is 1.30. The normalized spacial score (nSPS) is 12.4. The number of guanidine groups is 1. The summed E-state index contributed by atoms with van der Waals surface area (Å²) < 4.78 is 0. The van der Waals surface area contributed by atoms with Gasteiger partial charge in [0.05, 0.1) is 0 Å². The molecule has 0 heterocycles. The Labute approximate surface area is 87.5 Å². The first-order chi connectivity index (χ1) is 6.52. The highest BCUT2D eigenvalue weighted by molar-refractivity contribution is 5.79. The third kappa shape index (κ3) is 4.46. The molecule has 0 fully saturated rings. The summed E-state index contributed by atoms with van der Waals surface area (Å²) in [7, 11) is 0. The molecule has 0 aliphatic carbocycles. The molecule has 0 spiro atoms. The minimum atomic E-state index is 0.416. The average molecular weight is 200 g/mol. The van der Waals surface area contributed by atoms with E-state index in [0.29, 0.717) is 12.0 Å². The third-order valence-corrected chi connectivity index (χ3v) is 1.89. The van der Waals surface area contributed by atoms with Crippen LogP contribution in [0.1, 0.15) is 34.6 Å². The van der Waals surface area contributed by atoms with Crippen LogP contribution in [-0.4, -0.2) is 30.0 Å². The van der Waals surface area contributed by atoms with Crippen LogP contribution in [0.4, 0.5) is 0 Å². The van der Waals surface area contributed by atoms with Gasteiger partial charge in [-0.3, -0.25) is 10.4 Å². The van der Waals surface area contributed by atoms with E-state index in [1.807, 2.05) is 6.92 Å². The quantitative estimate of drug-likeness (QED) is 0.310. The number of rotatable bonds is 4. The Morgan fingerprint density at radius 1 is 1.36 bits per heavy atom. The fraction of sp³-hybridized carbons (Fsp3) is 0.900. The number of nitrogens with two attached hydrogens (primary N) is 1. The fourth-order valence-corrected chi connectivity index (χ4v) is 1.30. The predicted molar refractivity (Wildman–Crippen MR) is 62.0 cm³/mol. The molecular weight excluding hydrogens is 176 g/mol. The molecule has 0 aromatic rings. The third-order valence-electron chi connectivity index (χ3n) is 1.89. The Kier molecular flexibility index (Phi) is 6.28. The summed E-state index contributed by atoms with van der Waals surface area (Å²) in [6, 6.07) is 0.416. The van der Waals surface area contributed by atoms with Crippen LogP contribution < -0.4 is 11.3 Å². The SMILES string of the molecule is CCN=C(NN)N(CC(C)C)C(C)C. The van der Waals surface area contributed by atoms with Crippen LogP contribution in [0.3, 0.4) is 0 Å². The Morgan fingerprint density at radius 3 is 2.21 bits per heavy atom. The van der Waals surface area contributed by atoms with Crippen molar-refractivity contribution in [1.29, 1.82) is 0 Å². The lowest BCUT2D eigenvalue weighted by Crippen LogP contribution is -2.49. The van der Waals surface area contributed by atoms with Crippen molar-refractivity contribution < 1.29 is 0 Å². The van der Waals surface area contributed by atoms with Gasteiger partial charge < -0.3 is 4.90 Å². The number of hydrogen-bond acceptors (Lipinski definition) is 2. The molecule has 3 N–H and O–H groups in total. The van der Waals surface area contributed by atoms with Crippen molar-refractivity contribution in [3.8, 4) is 0 Å². The van der Waals surface area contributed by atoms with Crippen LogP contribution in [0, 0.1) is 5.92 Å². The van der Waals surface area contributed by atoms with Crippen molar-refractivity contribution in [3.05, 3.63) is 0 Å². The second-order valence-electron chi connectivity index (χ2n) is 4.08. The van der Waals surface area contributed by atoms with Crippen LogP contribution in [0.2, 0.25) is 0 Å². The molecule has 4 nitrogen and oxygen atoms in total. The summed E-state index contributed by atoms with van der Waals surface area (Å²) in [5.41, 5.74) is 2.67. The van der Waals surface area contributed by atoms with Gasteiger partial charge in [-0.25, -0.2) is 5.84 Å². The molecule has 0 radical (unpaired) electrons. The molecule has 0 saturated heterocycles. The zero-order valence-electron chi connectivity index (χ0n) is 10.0. The Hall–Kier alpha value is -0.770. The van der Waals surface area contributed by atoms with Gasteiger partial charge in [-0.2, -0.15) is 0 Å². The summed E-state index contributed by atoms with van der Waals surface area (Å²) in [6.07, 6.45) is 0. The molecule has 0 saturated carbocycles. The Bertz CT molecular complexity index is 175. The lowest BCUT2D eigenvalue weighted by molar-refractivity contribution is 0.301. The molecule has 0 aliphatic rings. The van der Waals surface area contributed by atoms with Crippen molar-refractivity contribution in [2.24, 2.45) is 16.8 Å². The first-order valence-corrected chi connectivity index (χ1v) is 5.30. The van der Waals surface area contributed by atoms with E-state index in [0.717, 1.165) is 19.0 Å². The highest BCUT2D eigenvalue weighted by Gasteiger charge is 2.14. The summed E-state index contributed by atoms with van der Waals surface area (Å²) in [5, 5.41) is 0.